The second kappa shape index (κ2) is 5.67. The summed E-state index contributed by atoms with van der Waals surface area (Å²) >= 11 is 5.71. The molecule has 1 aromatic rings. The van der Waals surface area contributed by atoms with E-state index in [9.17, 15) is 9.18 Å². The molecule has 0 fully saturated rings. The topological polar surface area (TPSA) is 61.4 Å². The van der Waals surface area contributed by atoms with Crippen LogP contribution in [-0.4, -0.2) is 23.8 Å². The summed E-state index contributed by atoms with van der Waals surface area (Å²) in [6.07, 6.45) is 0. The van der Waals surface area contributed by atoms with Gasteiger partial charge in [-0.05, 0) is 25.1 Å². The third-order valence-electron chi connectivity index (χ3n) is 1.83. The predicted octanol–water partition coefficient (Wildman–Crippen LogP) is 1.98. The minimum absolute atomic E-state index is 0.117. The highest BCUT2D eigenvalue weighted by Gasteiger charge is 2.08. The van der Waals surface area contributed by atoms with Crippen LogP contribution in [-0.2, 0) is 0 Å². The average molecular weight is 247 g/mol. The molecule has 1 atom stereocenters. The summed E-state index contributed by atoms with van der Waals surface area (Å²) in [5, 5.41) is 13.8. The summed E-state index contributed by atoms with van der Waals surface area (Å²) in [4.78, 5) is 11.3. The molecule has 0 heterocycles. The van der Waals surface area contributed by atoms with Gasteiger partial charge >= 0.3 is 6.03 Å². The third kappa shape index (κ3) is 3.67. The van der Waals surface area contributed by atoms with Gasteiger partial charge in [-0.3, -0.25) is 0 Å². The fourth-order valence-electron chi connectivity index (χ4n) is 1.02. The molecule has 0 aliphatic carbocycles. The number of aliphatic hydroxyl groups excluding tert-OH is 1. The van der Waals surface area contributed by atoms with Crippen molar-refractivity contribution in [3.63, 3.8) is 0 Å². The lowest BCUT2D eigenvalue weighted by Crippen LogP contribution is -2.38. The Morgan fingerprint density at radius 3 is 2.88 bits per heavy atom. The molecular weight excluding hydrogens is 235 g/mol. The van der Waals surface area contributed by atoms with Gasteiger partial charge in [0.15, 0.2) is 0 Å². The van der Waals surface area contributed by atoms with Gasteiger partial charge in [0.1, 0.15) is 5.82 Å². The largest absolute Gasteiger partial charge is 0.394 e. The van der Waals surface area contributed by atoms with E-state index in [1.807, 2.05) is 0 Å². The molecule has 4 nitrogen and oxygen atoms in total. The van der Waals surface area contributed by atoms with Gasteiger partial charge < -0.3 is 15.7 Å². The van der Waals surface area contributed by atoms with E-state index < -0.39 is 11.8 Å². The summed E-state index contributed by atoms with van der Waals surface area (Å²) in [5.41, 5.74) is 0.311. The van der Waals surface area contributed by atoms with Crippen molar-refractivity contribution in [1.29, 1.82) is 0 Å². The highest BCUT2D eigenvalue weighted by atomic mass is 35.5. The number of anilines is 1. The van der Waals surface area contributed by atoms with Gasteiger partial charge in [-0.25, -0.2) is 9.18 Å². The predicted molar refractivity (Wildman–Crippen MR) is 60.1 cm³/mol. The Labute approximate surface area is 97.4 Å². The molecule has 0 radical (unpaired) electrons. The van der Waals surface area contributed by atoms with Gasteiger partial charge in [0.05, 0.1) is 23.4 Å². The first-order chi connectivity index (χ1) is 7.52. The maximum Gasteiger partial charge on any atom is 0.319 e. The summed E-state index contributed by atoms with van der Waals surface area (Å²) in [5.74, 6) is -0.473. The van der Waals surface area contributed by atoms with E-state index in [4.69, 9.17) is 16.7 Å². The molecule has 0 aliphatic rings. The van der Waals surface area contributed by atoms with Crippen LogP contribution in [0.4, 0.5) is 14.9 Å². The Kier molecular flexibility index (Phi) is 4.52. The fraction of sp³-hybridized carbons (Fsp3) is 0.300. The Morgan fingerprint density at radius 2 is 2.31 bits per heavy atom. The lowest BCUT2D eigenvalue weighted by Gasteiger charge is -2.12. The molecular formula is C10H12ClFN2O2. The van der Waals surface area contributed by atoms with E-state index in [-0.39, 0.29) is 17.7 Å². The van der Waals surface area contributed by atoms with Crippen molar-refractivity contribution in [3.05, 3.63) is 29.0 Å². The summed E-state index contributed by atoms with van der Waals surface area (Å²) in [7, 11) is 0. The molecule has 0 saturated carbocycles. The van der Waals surface area contributed by atoms with Gasteiger partial charge in [0, 0.05) is 0 Å². The minimum atomic E-state index is -0.505. The summed E-state index contributed by atoms with van der Waals surface area (Å²) in [6.45, 7) is 1.48. The summed E-state index contributed by atoms with van der Waals surface area (Å²) < 4.78 is 12.7. The number of halogens is 2. The molecule has 0 saturated heterocycles. The number of carbonyl (C=O) groups is 1. The molecule has 1 aromatic carbocycles. The van der Waals surface area contributed by atoms with Crippen LogP contribution in [0.15, 0.2) is 18.2 Å². The van der Waals surface area contributed by atoms with Crippen LogP contribution in [0.2, 0.25) is 5.02 Å². The maximum atomic E-state index is 12.7. The molecule has 2 amide bonds. The average Bonchev–Trinajstić information content (AvgIpc) is 2.22. The molecule has 0 aromatic heterocycles. The van der Waals surface area contributed by atoms with Crippen molar-refractivity contribution >= 4 is 23.3 Å². The van der Waals surface area contributed by atoms with E-state index in [1.54, 1.807) is 6.92 Å². The first-order valence-electron chi connectivity index (χ1n) is 4.66. The quantitative estimate of drug-likeness (QED) is 0.764. The van der Waals surface area contributed by atoms with Crippen molar-refractivity contribution in [3.8, 4) is 0 Å². The van der Waals surface area contributed by atoms with Crippen LogP contribution >= 0.6 is 11.6 Å². The standard InChI is InChI=1S/C10H12ClFN2O2/c1-6(5-15)13-10(16)14-9-3-2-7(12)4-8(9)11/h2-4,6,15H,5H2,1H3,(H2,13,14,16)/t6-/m1/s1. The second-order valence-electron chi connectivity index (χ2n) is 3.31. The SMILES string of the molecule is C[C@H](CO)NC(=O)Nc1ccc(F)cc1Cl. The molecule has 0 bridgehead atoms. The zero-order valence-corrected chi connectivity index (χ0v) is 9.38. The molecule has 0 aliphatic heterocycles. The Hall–Kier alpha value is -1.33. The van der Waals surface area contributed by atoms with Crippen molar-refractivity contribution in [2.24, 2.45) is 0 Å². The van der Waals surface area contributed by atoms with Crippen molar-refractivity contribution in [2.45, 2.75) is 13.0 Å². The van der Waals surface area contributed by atoms with Gasteiger partial charge in [-0.1, -0.05) is 11.6 Å². The molecule has 1 rings (SSSR count). The Balaban J connectivity index is 2.63. The monoisotopic (exact) mass is 246 g/mol. The number of nitrogens with one attached hydrogen (secondary N) is 2. The molecule has 88 valence electrons. The molecule has 3 N–H and O–H groups in total. The normalized spacial score (nSPS) is 12.0. The number of aliphatic hydroxyl groups is 1. The molecule has 0 unspecified atom stereocenters. The first kappa shape index (κ1) is 12.7. The van der Waals surface area contributed by atoms with Gasteiger partial charge in [-0.15, -0.1) is 0 Å². The van der Waals surface area contributed by atoms with E-state index >= 15 is 0 Å². The number of carbonyl (C=O) groups excluding carboxylic acids is 1. The number of hydrogen-bond donors (Lipinski definition) is 3. The first-order valence-corrected chi connectivity index (χ1v) is 5.04. The maximum absolute atomic E-state index is 12.7. The second-order valence-corrected chi connectivity index (χ2v) is 3.71. The molecule has 0 spiro atoms. The van der Waals surface area contributed by atoms with Crippen LogP contribution < -0.4 is 10.6 Å². The number of benzene rings is 1. The van der Waals surface area contributed by atoms with E-state index in [2.05, 4.69) is 10.6 Å². The number of hydrogen-bond acceptors (Lipinski definition) is 2. The van der Waals surface area contributed by atoms with E-state index in [1.165, 1.54) is 12.1 Å². The van der Waals surface area contributed by atoms with Crippen molar-refractivity contribution in [1.82, 2.24) is 5.32 Å². The van der Waals surface area contributed by atoms with Gasteiger partial charge in [0.2, 0.25) is 0 Å². The van der Waals surface area contributed by atoms with Gasteiger partial charge in [0.25, 0.3) is 0 Å². The lowest BCUT2D eigenvalue weighted by atomic mass is 10.3. The van der Waals surface area contributed by atoms with Crippen molar-refractivity contribution in [2.75, 3.05) is 11.9 Å². The Morgan fingerprint density at radius 1 is 1.62 bits per heavy atom. The fourth-order valence-corrected chi connectivity index (χ4v) is 1.23. The minimum Gasteiger partial charge on any atom is -0.394 e. The Bertz CT molecular complexity index is 387. The lowest BCUT2D eigenvalue weighted by molar-refractivity contribution is 0.229. The van der Waals surface area contributed by atoms with Crippen LogP contribution in [0.5, 0.6) is 0 Å². The van der Waals surface area contributed by atoms with Crippen molar-refractivity contribution < 1.29 is 14.3 Å². The van der Waals surface area contributed by atoms with Crippen LogP contribution in [0, 0.1) is 5.82 Å². The van der Waals surface area contributed by atoms with Crippen LogP contribution in [0.25, 0.3) is 0 Å². The molecule has 6 heteroatoms. The molecule has 16 heavy (non-hydrogen) atoms. The summed E-state index contributed by atoms with van der Waals surface area (Å²) in [6, 6.07) is 2.79. The zero-order valence-electron chi connectivity index (χ0n) is 8.63. The number of rotatable bonds is 3. The van der Waals surface area contributed by atoms with Crippen LogP contribution in [0.1, 0.15) is 6.92 Å². The highest BCUT2D eigenvalue weighted by molar-refractivity contribution is 6.33. The zero-order chi connectivity index (χ0) is 12.1. The smallest absolute Gasteiger partial charge is 0.319 e. The van der Waals surface area contributed by atoms with Gasteiger partial charge in [-0.2, -0.15) is 0 Å². The van der Waals surface area contributed by atoms with E-state index in [0.29, 0.717) is 5.69 Å². The highest BCUT2D eigenvalue weighted by Crippen LogP contribution is 2.22. The van der Waals surface area contributed by atoms with E-state index in [0.717, 1.165) is 6.07 Å². The van der Waals surface area contributed by atoms with Crippen LogP contribution in [0.3, 0.4) is 0 Å². The number of urea groups is 1. The third-order valence-corrected chi connectivity index (χ3v) is 2.14. The number of amides is 2.